The quantitative estimate of drug-likeness (QED) is 0.768. The third-order valence-electron chi connectivity index (χ3n) is 4.06. The van der Waals surface area contributed by atoms with E-state index >= 15 is 0 Å². The van der Waals surface area contributed by atoms with Crippen molar-refractivity contribution >= 4 is 15.9 Å². The Morgan fingerprint density at radius 3 is 2.42 bits per heavy atom. The van der Waals surface area contributed by atoms with Gasteiger partial charge >= 0.3 is 0 Å². The summed E-state index contributed by atoms with van der Waals surface area (Å²) < 4.78 is 40.3. The standard InChI is InChI=1S/C19H23FN2O3S/c1-15-14-18(20)8-9-19(15)26(24,25)21-11-13-22(16(2)23)12-10-17-6-4-3-5-7-17/h3-9,14,21H,10-13H2,1-2H3. The molecule has 0 saturated carbocycles. The summed E-state index contributed by atoms with van der Waals surface area (Å²) in [6.45, 7) is 3.87. The molecule has 0 atom stereocenters. The van der Waals surface area contributed by atoms with Gasteiger partial charge in [-0.25, -0.2) is 17.5 Å². The second kappa shape index (κ2) is 8.91. The zero-order valence-electron chi connectivity index (χ0n) is 14.9. The molecule has 1 amide bonds. The van der Waals surface area contributed by atoms with Crippen molar-refractivity contribution in [3.05, 3.63) is 65.5 Å². The Kier molecular flexibility index (Phi) is 6.88. The molecule has 0 fully saturated rings. The number of aryl methyl sites for hydroxylation is 1. The second-order valence-electron chi connectivity index (χ2n) is 6.05. The molecule has 0 heterocycles. The number of hydrogen-bond acceptors (Lipinski definition) is 3. The van der Waals surface area contributed by atoms with Crippen LogP contribution in [0.4, 0.5) is 4.39 Å². The van der Waals surface area contributed by atoms with E-state index in [-0.39, 0.29) is 23.9 Å². The fourth-order valence-corrected chi connectivity index (χ4v) is 3.89. The summed E-state index contributed by atoms with van der Waals surface area (Å²) in [7, 11) is -3.75. The predicted molar refractivity (Wildman–Crippen MR) is 98.7 cm³/mol. The summed E-state index contributed by atoms with van der Waals surface area (Å²) in [6.07, 6.45) is 0.699. The zero-order chi connectivity index (χ0) is 19.2. The molecule has 0 bridgehead atoms. The SMILES string of the molecule is CC(=O)N(CCNS(=O)(=O)c1ccc(F)cc1C)CCc1ccccc1. The number of carbonyl (C=O) groups excluding carboxylic acids is 1. The molecule has 2 rings (SSSR count). The van der Waals surface area contributed by atoms with E-state index in [2.05, 4.69) is 4.72 Å². The van der Waals surface area contributed by atoms with E-state index in [9.17, 15) is 17.6 Å². The van der Waals surface area contributed by atoms with Gasteiger partial charge < -0.3 is 4.90 Å². The predicted octanol–water partition coefficient (Wildman–Crippen LogP) is 2.50. The highest BCUT2D eigenvalue weighted by Crippen LogP contribution is 2.15. The molecule has 0 aliphatic carbocycles. The average molecular weight is 378 g/mol. The molecule has 0 spiro atoms. The topological polar surface area (TPSA) is 66.5 Å². The minimum absolute atomic E-state index is 0.0394. The normalized spacial score (nSPS) is 11.3. The molecule has 0 unspecified atom stereocenters. The zero-order valence-corrected chi connectivity index (χ0v) is 15.7. The molecule has 1 N–H and O–H groups in total. The lowest BCUT2D eigenvalue weighted by molar-refractivity contribution is -0.128. The van der Waals surface area contributed by atoms with Crippen LogP contribution < -0.4 is 4.72 Å². The van der Waals surface area contributed by atoms with Crippen molar-refractivity contribution in [3.8, 4) is 0 Å². The van der Waals surface area contributed by atoms with Crippen LogP contribution in [0.2, 0.25) is 0 Å². The summed E-state index contributed by atoms with van der Waals surface area (Å²) in [5.41, 5.74) is 1.45. The number of nitrogens with zero attached hydrogens (tertiary/aromatic N) is 1. The molecule has 0 aliphatic heterocycles. The van der Waals surface area contributed by atoms with Gasteiger partial charge in [-0.2, -0.15) is 0 Å². The van der Waals surface area contributed by atoms with E-state index in [0.29, 0.717) is 18.5 Å². The van der Waals surface area contributed by atoms with Crippen LogP contribution in [-0.4, -0.2) is 38.9 Å². The third kappa shape index (κ3) is 5.64. The highest BCUT2D eigenvalue weighted by atomic mass is 32.2. The smallest absolute Gasteiger partial charge is 0.240 e. The molecule has 0 aromatic heterocycles. The Hall–Kier alpha value is -2.25. The van der Waals surface area contributed by atoms with Crippen molar-refractivity contribution in [2.45, 2.75) is 25.2 Å². The Morgan fingerprint density at radius 2 is 1.81 bits per heavy atom. The monoisotopic (exact) mass is 378 g/mol. The molecular formula is C19H23FN2O3S. The number of hydrogen-bond donors (Lipinski definition) is 1. The van der Waals surface area contributed by atoms with Crippen LogP contribution in [0.3, 0.4) is 0 Å². The molecule has 7 heteroatoms. The number of sulfonamides is 1. The number of halogens is 1. The highest BCUT2D eigenvalue weighted by Gasteiger charge is 2.17. The molecular weight excluding hydrogens is 355 g/mol. The fourth-order valence-electron chi connectivity index (χ4n) is 2.64. The Bertz CT molecular complexity index is 854. The van der Waals surface area contributed by atoms with Crippen molar-refractivity contribution in [3.63, 3.8) is 0 Å². The summed E-state index contributed by atoms with van der Waals surface area (Å²) in [6, 6.07) is 13.3. The maximum Gasteiger partial charge on any atom is 0.240 e. The lowest BCUT2D eigenvalue weighted by Gasteiger charge is -2.21. The first-order valence-electron chi connectivity index (χ1n) is 8.35. The van der Waals surface area contributed by atoms with E-state index < -0.39 is 15.8 Å². The number of amides is 1. The van der Waals surface area contributed by atoms with Crippen molar-refractivity contribution in [2.75, 3.05) is 19.6 Å². The second-order valence-corrected chi connectivity index (χ2v) is 7.78. The fraction of sp³-hybridized carbons (Fsp3) is 0.316. The molecule has 5 nitrogen and oxygen atoms in total. The minimum atomic E-state index is -3.75. The van der Waals surface area contributed by atoms with Gasteiger partial charge in [0.2, 0.25) is 15.9 Å². The number of nitrogens with one attached hydrogen (secondary N) is 1. The van der Waals surface area contributed by atoms with Gasteiger partial charge in [-0.05, 0) is 42.7 Å². The molecule has 2 aromatic carbocycles. The van der Waals surface area contributed by atoms with Crippen LogP contribution in [0.5, 0.6) is 0 Å². The number of rotatable bonds is 8. The van der Waals surface area contributed by atoms with Gasteiger partial charge in [0, 0.05) is 26.6 Å². The van der Waals surface area contributed by atoms with Gasteiger partial charge in [0.05, 0.1) is 4.90 Å². The van der Waals surface area contributed by atoms with Crippen molar-refractivity contribution in [1.29, 1.82) is 0 Å². The van der Waals surface area contributed by atoms with E-state index in [4.69, 9.17) is 0 Å². The molecule has 26 heavy (non-hydrogen) atoms. The molecule has 0 radical (unpaired) electrons. The molecule has 140 valence electrons. The summed E-state index contributed by atoms with van der Waals surface area (Å²) in [5, 5.41) is 0. The Morgan fingerprint density at radius 1 is 1.12 bits per heavy atom. The maximum atomic E-state index is 13.1. The maximum absolute atomic E-state index is 13.1. The lowest BCUT2D eigenvalue weighted by Crippen LogP contribution is -2.38. The average Bonchev–Trinajstić information content (AvgIpc) is 2.58. The van der Waals surface area contributed by atoms with Gasteiger partial charge in [0.25, 0.3) is 0 Å². The largest absolute Gasteiger partial charge is 0.341 e. The first-order chi connectivity index (χ1) is 12.3. The van der Waals surface area contributed by atoms with Gasteiger partial charge in [0.1, 0.15) is 5.82 Å². The summed E-state index contributed by atoms with van der Waals surface area (Å²) >= 11 is 0. The van der Waals surface area contributed by atoms with E-state index in [0.717, 1.165) is 11.6 Å². The van der Waals surface area contributed by atoms with E-state index in [1.807, 2.05) is 30.3 Å². The van der Waals surface area contributed by atoms with Gasteiger partial charge in [-0.3, -0.25) is 4.79 Å². The van der Waals surface area contributed by atoms with Crippen LogP contribution >= 0.6 is 0 Å². The van der Waals surface area contributed by atoms with Crippen LogP contribution in [0.1, 0.15) is 18.1 Å². The van der Waals surface area contributed by atoms with Crippen molar-refractivity contribution in [2.24, 2.45) is 0 Å². The molecule has 0 aliphatic rings. The number of benzene rings is 2. The molecule has 0 saturated heterocycles. The summed E-state index contributed by atoms with van der Waals surface area (Å²) in [4.78, 5) is 13.4. The highest BCUT2D eigenvalue weighted by molar-refractivity contribution is 7.89. The minimum Gasteiger partial charge on any atom is -0.341 e. The van der Waals surface area contributed by atoms with E-state index in [1.54, 1.807) is 11.8 Å². The van der Waals surface area contributed by atoms with Gasteiger partial charge in [-0.15, -0.1) is 0 Å². The van der Waals surface area contributed by atoms with Crippen LogP contribution in [0, 0.1) is 12.7 Å². The Labute approximate surface area is 153 Å². The first kappa shape index (κ1) is 20.1. The van der Waals surface area contributed by atoms with Gasteiger partial charge in [0.15, 0.2) is 0 Å². The first-order valence-corrected chi connectivity index (χ1v) is 9.83. The van der Waals surface area contributed by atoms with Gasteiger partial charge in [-0.1, -0.05) is 30.3 Å². The number of carbonyl (C=O) groups is 1. The van der Waals surface area contributed by atoms with E-state index in [1.165, 1.54) is 19.1 Å². The Balaban J connectivity index is 1.93. The lowest BCUT2D eigenvalue weighted by atomic mass is 10.1. The van der Waals surface area contributed by atoms with Crippen molar-refractivity contribution in [1.82, 2.24) is 9.62 Å². The molecule has 2 aromatic rings. The summed E-state index contributed by atoms with van der Waals surface area (Å²) in [5.74, 6) is -0.594. The van der Waals surface area contributed by atoms with Crippen molar-refractivity contribution < 1.29 is 17.6 Å². The third-order valence-corrected chi connectivity index (χ3v) is 5.68. The van der Waals surface area contributed by atoms with Crippen LogP contribution in [-0.2, 0) is 21.2 Å². The van der Waals surface area contributed by atoms with Crippen LogP contribution in [0.25, 0.3) is 0 Å². The van der Waals surface area contributed by atoms with Crippen LogP contribution in [0.15, 0.2) is 53.4 Å².